The third kappa shape index (κ3) is 3.80. The van der Waals surface area contributed by atoms with Crippen molar-refractivity contribution in [3.05, 3.63) is 105 Å². The SMILES string of the molecule is O=C(Nc1ccc(C(=O)N2Cc3cccn3C=C3SCC=C32)cc1)c1ccccc1Cl. The fourth-order valence-electron chi connectivity index (χ4n) is 3.67. The maximum absolute atomic E-state index is 13.4. The first kappa shape index (κ1) is 19.7. The number of rotatable bonds is 3. The Balaban J connectivity index is 1.36. The zero-order chi connectivity index (χ0) is 21.4. The van der Waals surface area contributed by atoms with Crippen LogP contribution >= 0.6 is 23.4 Å². The van der Waals surface area contributed by atoms with E-state index in [4.69, 9.17) is 11.6 Å². The standard InChI is InChI=1S/C24H18ClN3O2S/c25-20-6-2-1-5-19(20)23(29)26-17-9-7-16(8-10-17)24(30)28-14-18-4-3-12-27(18)15-22-21(28)11-13-31-22/h1-12,15H,13-14H2,(H,26,29). The second kappa shape index (κ2) is 8.13. The van der Waals surface area contributed by atoms with E-state index in [9.17, 15) is 9.59 Å². The van der Waals surface area contributed by atoms with Crippen LogP contribution in [-0.2, 0) is 6.54 Å². The molecule has 0 spiro atoms. The predicted molar refractivity (Wildman–Crippen MR) is 125 cm³/mol. The van der Waals surface area contributed by atoms with Crippen molar-refractivity contribution in [1.82, 2.24) is 9.47 Å². The van der Waals surface area contributed by atoms with E-state index in [1.807, 2.05) is 23.2 Å². The molecule has 1 N–H and O–H groups in total. The summed E-state index contributed by atoms with van der Waals surface area (Å²) in [5.41, 5.74) is 3.58. The van der Waals surface area contributed by atoms with Crippen LogP contribution in [0.15, 0.2) is 83.5 Å². The maximum Gasteiger partial charge on any atom is 0.258 e. The quantitative estimate of drug-likeness (QED) is 0.578. The third-order valence-corrected chi connectivity index (χ3v) is 6.54. The van der Waals surface area contributed by atoms with Gasteiger partial charge in [-0.25, -0.2) is 0 Å². The molecular formula is C24H18ClN3O2S. The Morgan fingerprint density at radius 2 is 1.81 bits per heavy atom. The summed E-state index contributed by atoms with van der Waals surface area (Å²) in [6.07, 6.45) is 6.18. The van der Waals surface area contributed by atoms with Gasteiger partial charge in [0.1, 0.15) is 0 Å². The molecule has 3 heterocycles. The smallest absolute Gasteiger partial charge is 0.258 e. The number of thioether (sulfide) groups is 1. The molecule has 2 aliphatic rings. The first-order valence-corrected chi connectivity index (χ1v) is 11.2. The van der Waals surface area contributed by atoms with Crippen LogP contribution in [0.4, 0.5) is 5.69 Å². The molecule has 5 rings (SSSR count). The Bertz CT molecular complexity index is 1240. The fourth-order valence-corrected chi connectivity index (χ4v) is 4.84. The van der Waals surface area contributed by atoms with Crippen molar-refractivity contribution in [2.24, 2.45) is 0 Å². The van der Waals surface area contributed by atoms with Crippen molar-refractivity contribution in [3.8, 4) is 0 Å². The molecule has 1 aromatic heterocycles. The maximum atomic E-state index is 13.4. The Morgan fingerprint density at radius 3 is 2.61 bits per heavy atom. The topological polar surface area (TPSA) is 54.3 Å². The molecule has 0 atom stereocenters. The summed E-state index contributed by atoms with van der Waals surface area (Å²) < 4.78 is 2.07. The van der Waals surface area contributed by atoms with Crippen molar-refractivity contribution < 1.29 is 9.59 Å². The molecule has 0 bridgehead atoms. The molecule has 0 fully saturated rings. The molecule has 2 amide bonds. The average Bonchev–Trinajstić information content (AvgIpc) is 3.39. The molecule has 0 saturated heterocycles. The van der Waals surface area contributed by atoms with Crippen LogP contribution in [0, 0.1) is 0 Å². The van der Waals surface area contributed by atoms with Crippen molar-refractivity contribution in [2.45, 2.75) is 6.54 Å². The van der Waals surface area contributed by atoms with E-state index in [1.54, 1.807) is 60.3 Å². The van der Waals surface area contributed by atoms with Crippen LogP contribution < -0.4 is 5.32 Å². The number of anilines is 1. The molecule has 3 aromatic rings. The summed E-state index contributed by atoms with van der Waals surface area (Å²) in [6, 6.07) is 17.8. The number of nitrogens with one attached hydrogen (secondary N) is 1. The third-order valence-electron chi connectivity index (χ3n) is 5.26. The van der Waals surface area contributed by atoms with Gasteiger partial charge in [-0.2, -0.15) is 0 Å². The fraction of sp³-hybridized carbons (Fsp3) is 0.0833. The first-order chi connectivity index (χ1) is 15.1. The summed E-state index contributed by atoms with van der Waals surface area (Å²) >= 11 is 7.83. The highest BCUT2D eigenvalue weighted by atomic mass is 35.5. The Hall–Kier alpha value is -3.22. The van der Waals surface area contributed by atoms with Crippen molar-refractivity contribution in [1.29, 1.82) is 0 Å². The largest absolute Gasteiger partial charge is 0.325 e. The molecule has 2 aliphatic heterocycles. The number of carbonyl (C=O) groups excluding carboxylic acids is 2. The van der Waals surface area contributed by atoms with Crippen LogP contribution in [0.2, 0.25) is 5.02 Å². The molecular weight excluding hydrogens is 430 g/mol. The van der Waals surface area contributed by atoms with Crippen molar-refractivity contribution >= 4 is 47.1 Å². The van der Waals surface area contributed by atoms with Gasteiger partial charge in [-0.3, -0.25) is 9.59 Å². The lowest BCUT2D eigenvalue weighted by molar-refractivity contribution is 0.0800. The van der Waals surface area contributed by atoms with Crippen LogP contribution in [0.3, 0.4) is 0 Å². The van der Waals surface area contributed by atoms with Gasteiger partial charge in [0.25, 0.3) is 11.8 Å². The summed E-state index contributed by atoms with van der Waals surface area (Å²) in [5.74, 6) is 0.494. The Morgan fingerprint density at radius 1 is 1.00 bits per heavy atom. The number of nitrogens with zero attached hydrogens (tertiary/aromatic N) is 2. The van der Waals surface area contributed by atoms with Crippen molar-refractivity contribution in [2.75, 3.05) is 11.1 Å². The number of carbonyl (C=O) groups is 2. The van der Waals surface area contributed by atoms with E-state index >= 15 is 0 Å². The van der Waals surface area contributed by atoms with Crippen molar-refractivity contribution in [3.63, 3.8) is 0 Å². The van der Waals surface area contributed by atoms with Gasteiger partial charge >= 0.3 is 0 Å². The highest BCUT2D eigenvalue weighted by molar-refractivity contribution is 8.03. The highest BCUT2D eigenvalue weighted by Gasteiger charge is 2.28. The molecule has 0 radical (unpaired) electrons. The number of halogens is 1. The summed E-state index contributed by atoms with van der Waals surface area (Å²) in [6.45, 7) is 0.503. The molecule has 31 heavy (non-hydrogen) atoms. The van der Waals surface area contributed by atoms with Crippen LogP contribution in [0.5, 0.6) is 0 Å². The minimum atomic E-state index is -0.291. The number of fused-ring (bicyclic) bond motifs is 2. The second-order valence-electron chi connectivity index (χ2n) is 7.20. The number of hydrogen-bond acceptors (Lipinski definition) is 3. The van der Waals surface area contributed by atoms with Crippen LogP contribution in [-0.4, -0.2) is 27.0 Å². The first-order valence-electron chi connectivity index (χ1n) is 9.79. The molecule has 0 unspecified atom stereocenters. The number of hydrogen-bond donors (Lipinski definition) is 1. The molecule has 0 saturated carbocycles. The van der Waals surface area contributed by atoms with Gasteiger partial charge < -0.3 is 14.8 Å². The van der Waals surface area contributed by atoms with Gasteiger partial charge in [0.15, 0.2) is 0 Å². The van der Waals surface area contributed by atoms with Crippen LogP contribution in [0.25, 0.3) is 6.20 Å². The van der Waals surface area contributed by atoms with Gasteiger partial charge in [-0.05, 0) is 54.6 Å². The molecule has 2 aromatic carbocycles. The molecule has 0 aliphatic carbocycles. The van der Waals surface area contributed by atoms with E-state index in [1.165, 1.54) is 0 Å². The second-order valence-corrected chi connectivity index (χ2v) is 8.67. The van der Waals surface area contributed by atoms with E-state index in [0.717, 1.165) is 22.0 Å². The minimum absolute atomic E-state index is 0.0710. The normalized spacial score (nSPS) is 14.8. The van der Waals surface area contributed by atoms with E-state index in [-0.39, 0.29) is 11.8 Å². The average molecular weight is 448 g/mol. The van der Waals surface area contributed by atoms with E-state index in [0.29, 0.717) is 28.4 Å². The highest BCUT2D eigenvalue weighted by Crippen LogP contribution is 2.37. The van der Waals surface area contributed by atoms with Crippen LogP contribution in [0.1, 0.15) is 26.4 Å². The lowest BCUT2D eigenvalue weighted by Crippen LogP contribution is -2.29. The number of aromatic nitrogens is 1. The zero-order valence-electron chi connectivity index (χ0n) is 16.4. The Kier molecular flexibility index (Phi) is 5.18. The molecule has 7 heteroatoms. The predicted octanol–water partition coefficient (Wildman–Crippen LogP) is 5.48. The minimum Gasteiger partial charge on any atom is -0.325 e. The monoisotopic (exact) mass is 447 g/mol. The van der Waals surface area contributed by atoms with Gasteiger partial charge in [-0.1, -0.05) is 23.7 Å². The molecule has 154 valence electrons. The lowest BCUT2D eigenvalue weighted by Gasteiger charge is -2.23. The van der Waals surface area contributed by atoms with E-state index < -0.39 is 0 Å². The lowest BCUT2D eigenvalue weighted by atomic mass is 10.1. The summed E-state index contributed by atoms with van der Waals surface area (Å²) in [7, 11) is 0. The summed E-state index contributed by atoms with van der Waals surface area (Å²) in [5, 5.41) is 3.22. The Labute approximate surface area is 189 Å². The number of amides is 2. The van der Waals surface area contributed by atoms with E-state index in [2.05, 4.69) is 22.2 Å². The zero-order valence-corrected chi connectivity index (χ0v) is 18.0. The molecule has 5 nitrogen and oxygen atoms in total. The summed E-state index contributed by atoms with van der Waals surface area (Å²) in [4.78, 5) is 28.7. The van der Waals surface area contributed by atoms with Gasteiger partial charge in [0, 0.05) is 40.0 Å². The van der Waals surface area contributed by atoms with Gasteiger partial charge in [-0.15, -0.1) is 11.8 Å². The van der Waals surface area contributed by atoms with Gasteiger partial charge in [0.05, 0.1) is 22.8 Å². The van der Waals surface area contributed by atoms with Gasteiger partial charge in [0.2, 0.25) is 0 Å². The number of benzene rings is 2.